The van der Waals surface area contributed by atoms with Crippen LogP contribution in [0.1, 0.15) is 24.8 Å². The van der Waals surface area contributed by atoms with Gasteiger partial charge in [-0.15, -0.1) is 24.0 Å². The highest BCUT2D eigenvalue weighted by Gasteiger charge is 2.18. The summed E-state index contributed by atoms with van der Waals surface area (Å²) in [6, 6.07) is 5.24. The van der Waals surface area contributed by atoms with Crippen LogP contribution in [0.4, 0.5) is 4.39 Å². The van der Waals surface area contributed by atoms with Gasteiger partial charge < -0.3 is 20.3 Å². The first-order valence-corrected chi connectivity index (χ1v) is 10.5. The van der Waals surface area contributed by atoms with Gasteiger partial charge in [0.1, 0.15) is 5.82 Å². The van der Waals surface area contributed by atoms with E-state index in [0.29, 0.717) is 12.3 Å². The lowest BCUT2D eigenvalue weighted by atomic mass is 9.97. The molecule has 0 aliphatic carbocycles. The van der Waals surface area contributed by atoms with Gasteiger partial charge in [0.15, 0.2) is 5.96 Å². The minimum absolute atomic E-state index is 0. The maximum atomic E-state index is 13.8. The van der Waals surface area contributed by atoms with Crippen LogP contribution in [0.25, 0.3) is 0 Å². The van der Waals surface area contributed by atoms with E-state index in [2.05, 4.69) is 36.5 Å². The number of piperidine rings is 1. The SMILES string of the molecule is CN=C(NCCCc1ccc(Br)cc1F)NCC1CCN(CCOC)CC1.I. The predicted molar refractivity (Wildman–Crippen MR) is 128 cm³/mol. The van der Waals surface area contributed by atoms with Crippen LogP contribution in [0.2, 0.25) is 0 Å². The van der Waals surface area contributed by atoms with Gasteiger partial charge in [-0.1, -0.05) is 22.0 Å². The van der Waals surface area contributed by atoms with Crippen LogP contribution in [0.15, 0.2) is 27.7 Å². The second-order valence-electron chi connectivity index (χ2n) is 7.00. The molecule has 0 unspecified atom stereocenters. The van der Waals surface area contributed by atoms with Gasteiger partial charge in [0.25, 0.3) is 0 Å². The summed E-state index contributed by atoms with van der Waals surface area (Å²) in [6.45, 7) is 5.83. The lowest BCUT2D eigenvalue weighted by molar-refractivity contribution is 0.121. The van der Waals surface area contributed by atoms with Gasteiger partial charge in [-0.25, -0.2) is 4.39 Å². The van der Waals surface area contributed by atoms with Crippen molar-refractivity contribution in [3.63, 3.8) is 0 Å². The third-order valence-electron chi connectivity index (χ3n) is 5.03. The smallest absolute Gasteiger partial charge is 0.190 e. The highest BCUT2D eigenvalue weighted by atomic mass is 127. The Morgan fingerprint density at radius 3 is 2.71 bits per heavy atom. The summed E-state index contributed by atoms with van der Waals surface area (Å²) >= 11 is 3.29. The van der Waals surface area contributed by atoms with Crippen LogP contribution in [0.5, 0.6) is 0 Å². The number of benzene rings is 1. The molecular formula is C20H33BrFIN4O. The summed E-state index contributed by atoms with van der Waals surface area (Å²) in [5.74, 6) is 1.36. The van der Waals surface area contributed by atoms with Gasteiger partial charge in [-0.2, -0.15) is 0 Å². The van der Waals surface area contributed by atoms with Gasteiger partial charge >= 0.3 is 0 Å². The van der Waals surface area contributed by atoms with Crippen LogP contribution in [0.3, 0.4) is 0 Å². The van der Waals surface area contributed by atoms with Crippen LogP contribution >= 0.6 is 39.9 Å². The molecule has 1 aliphatic heterocycles. The van der Waals surface area contributed by atoms with Crippen molar-refractivity contribution < 1.29 is 9.13 Å². The molecule has 5 nitrogen and oxygen atoms in total. The second kappa shape index (κ2) is 14.5. The molecule has 2 N–H and O–H groups in total. The number of hydrogen-bond donors (Lipinski definition) is 2. The Hall–Kier alpha value is -0.450. The second-order valence-corrected chi connectivity index (χ2v) is 7.91. The number of nitrogens with zero attached hydrogens (tertiary/aromatic N) is 2. The molecule has 1 saturated heterocycles. The van der Waals surface area contributed by atoms with E-state index in [4.69, 9.17) is 4.74 Å². The van der Waals surface area contributed by atoms with E-state index in [0.717, 1.165) is 61.7 Å². The number of nitrogens with one attached hydrogen (secondary N) is 2. The first-order chi connectivity index (χ1) is 13.1. The van der Waals surface area contributed by atoms with Crippen molar-refractivity contribution in [3.8, 4) is 0 Å². The summed E-state index contributed by atoms with van der Waals surface area (Å²) in [5, 5.41) is 6.76. The molecule has 1 heterocycles. The maximum Gasteiger partial charge on any atom is 0.190 e. The predicted octanol–water partition coefficient (Wildman–Crippen LogP) is 3.66. The lowest BCUT2D eigenvalue weighted by Gasteiger charge is -2.32. The van der Waals surface area contributed by atoms with Crippen LogP contribution in [0, 0.1) is 11.7 Å². The fraction of sp³-hybridized carbons (Fsp3) is 0.650. The molecule has 0 radical (unpaired) electrons. The Bertz CT molecular complexity index is 598. The van der Waals surface area contributed by atoms with Crippen molar-refractivity contribution >= 4 is 45.9 Å². The Kier molecular flexibility index (Phi) is 13.3. The first-order valence-electron chi connectivity index (χ1n) is 9.72. The molecule has 0 aromatic heterocycles. The van der Waals surface area contributed by atoms with E-state index in [1.54, 1.807) is 14.2 Å². The molecule has 8 heteroatoms. The zero-order valence-corrected chi connectivity index (χ0v) is 20.8. The number of rotatable bonds is 9. The zero-order chi connectivity index (χ0) is 19.5. The van der Waals surface area contributed by atoms with Gasteiger partial charge in [0, 0.05) is 38.3 Å². The maximum absolute atomic E-state index is 13.8. The minimum atomic E-state index is -0.149. The number of aryl methyl sites for hydroxylation is 1. The Morgan fingerprint density at radius 2 is 2.07 bits per heavy atom. The number of ether oxygens (including phenoxy) is 1. The average molecular weight is 571 g/mol. The Balaban J connectivity index is 0.00000392. The summed E-state index contributed by atoms with van der Waals surface area (Å²) in [5.41, 5.74) is 0.753. The van der Waals surface area contributed by atoms with Gasteiger partial charge in [0.05, 0.1) is 6.61 Å². The highest BCUT2D eigenvalue weighted by molar-refractivity contribution is 14.0. The number of hydrogen-bond acceptors (Lipinski definition) is 3. The number of guanidine groups is 1. The van der Waals surface area contributed by atoms with Crippen LogP contribution < -0.4 is 10.6 Å². The first kappa shape index (κ1) is 25.6. The van der Waals surface area contributed by atoms with E-state index >= 15 is 0 Å². The molecule has 0 saturated carbocycles. The molecule has 28 heavy (non-hydrogen) atoms. The van der Waals surface area contributed by atoms with Gasteiger partial charge in [-0.05, 0) is 62.4 Å². The number of aliphatic imine (C=N–C) groups is 1. The normalized spacial score (nSPS) is 15.9. The third-order valence-corrected chi connectivity index (χ3v) is 5.52. The van der Waals surface area contributed by atoms with Crippen LogP contribution in [-0.2, 0) is 11.2 Å². The summed E-state index contributed by atoms with van der Waals surface area (Å²) in [4.78, 5) is 6.76. The zero-order valence-electron chi connectivity index (χ0n) is 16.8. The van der Waals surface area contributed by atoms with E-state index in [1.807, 2.05) is 12.1 Å². The largest absolute Gasteiger partial charge is 0.383 e. The van der Waals surface area contributed by atoms with Gasteiger partial charge in [0.2, 0.25) is 0 Å². The summed E-state index contributed by atoms with van der Waals surface area (Å²) in [6.07, 6.45) is 3.98. The Labute approximate surface area is 194 Å². The molecule has 1 aliphatic rings. The molecule has 1 aromatic rings. The lowest BCUT2D eigenvalue weighted by Crippen LogP contribution is -2.43. The molecule has 0 atom stereocenters. The minimum Gasteiger partial charge on any atom is -0.383 e. The molecule has 2 rings (SSSR count). The average Bonchev–Trinajstić information content (AvgIpc) is 2.68. The third kappa shape index (κ3) is 9.37. The van der Waals surface area contributed by atoms with Gasteiger partial charge in [-0.3, -0.25) is 4.99 Å². The molecule has 0 amide bonds. The van der Waals surface area contributed by atoms with Crippen LogP contribution in [-0.4, -0.2) is 64.3 Å². The van der Waals surface area contributed by atoms with Crippen molar-refractivity contribution in [2.45, 2.75) is 25.7 Å². The fourth-order valence-corrected chi connectivity index (χ4v) is 3.64. The molecule has 1 aromatic carbocycles. The standard InChI is InChI=1S/C20H32BrFN4O.HI/c1-23-20(24-9-3-4-17-5-6-18(21)14-19(17)22)25-15-16-7-10-26(11-8-16)12-13-27-2;/h5-6,14,16H,3-4,7-13,15H2,1-2H3,(H2,23,24,25);1H. The topological polar surface area (TPSA) is 48.9 Å². The summed E-state index contributed by atoms with van der Waals surface area (Å²) < 4.78 is 19.8. The van der Waals surface area contributed by atoms with Crippen molar-refractivity contribution in [3.05, 3.63) is 34.1 Å². The van der Waals surface area contributed by atoms with E-state index < -0.39 is 0 Å². The van der Waals surface area contributed by atoms with Crippen molar-refractivity contribution in [2.24, 2.45) is 10.9 Å². The summed E-state index contributed by atoms with van der Waals surface area (Å²) in [7, 11) is 3.54. The van der Waals surface area contributed by atoms with Crippen molar-refractivity contribution in [1.29, 1.82) is 0 Å². The number of methoxy groups -OCH3 is 1. The number of halogens is 3. The molecular weight excluding hydrogens is 538 g/mol. The van der Waals surface area contributed by atoms with Crippen molar-refractivity contribution in [2.75, 3.05) is 53.5 Å². The highest BCUT2D eigenvalue weighted by Crippen LogP contribution is 2.17. The Morgan fingerprint density at radius 1 is 1.32 bits per heavy atom. The quantitative estimate of drug-likeness (QED) is 0.206. The van der Waals surface area contributed by atoms with E-state index in [-0.39, 0.29) is 29.8 Å². The molecule has 1 fully saturated rings. The number of likely N-dealkylation sites (tertiary alicyclic amines) is 1. The van der Waals surface area contributed by atoms with E-state index in [1.165, 1.54) is 18.9 Å². The van der Waals surface area contributed by atoms with Crippen molar-refractivity contribution in [1.82, 2.24) is 15.5 Å². The molecule has 160 valence electrons. The molecule has 0 spiro atoms. The fourth-order valence-electron chi connectivity index (χ4n) is 3.31. The van der Waals surface area contributed by atoms with E-state index in [9.17, 15) is 4.39 Å². The monoisotopic (exact) mass is 570 g/mol. The molecule has 0 bridgehead atoms.